The van der Waals surface area contributed by atoms with Gasteiger partial charge in [0.2, 0.25) is 5.91 Å². The van der Waals surface area contributed by atoms with E-state index in [1.165, 1.54) is 16.0 Å². The highest BCUT2D eigenvalue weighted by molar-refractivity contribution is 7.22. The topological polar surface area (TPSA) is 93.3 Å². The number of hydrogen-bond donors (Lipinski definition) is 1. The van der Waals surface area contributed by atoms with E-state index in [9.17, 15) is 9.59 Å². The molecule has 158 valence electrons. The van der Waals surface area contributed by atoms with Gasteiger partial charge in [0.15, 0.2) is 16.4 Å². The summed E-state index contributed by atoms with van der Waals surface area (Å²) in [5, 5.41) is 8.13. The average Bonchev–Trinajstić information content (AvgIpc) is 3.56. The van der Waals surface area contributed by atoms with Crippen molar-refractivity contribution in [3.05, 3.63) is 64.6 Å². The monoisotopic (exact) mass is 435 g/mol. The SMILES string of the molecule is O=C(Cn1nc(-c2ccco2)c2sc(N3CCCC3)nc2c1=O)NCc1ccccc1. The number of carbonyl (C=O) groups is 1. The van der Waals surface area contributed by atoms with Crippen molar-refractivity contribution in [2.45, 2.75) is 25.9 Å². The number of carbonyl (C=O) groups excluding carboxylic acids is 1. The zero-order valence-corrected chi connectivity index (χ0v) is 17.6. The maximum absolute atomic E-state index is 13.1. The number of benzene rings is 1. The second-order valence-electron chi connectivity index (χ2n) is 7.42. The molecule has 0 atom stereocenters. The van der Waals surface area contributed by atoms with Crippen LogP contribution >= 0.6 is 11.3 Å². The molecule has 4 aromatic rings. The van der Waals surface area contributed by atoms with Gasteiger partial charge in [-0.05, 0) is 30.5 Å². The molecule has 31 heavy (non-hydrogen) atoms. The first-order chi connectivity index (χ1) is 15.2. The lowest BCUT2D eigenvalue weighted by Gasteiger charge is -2.11. The van der Waals surface area contributed by atoms with Crippen molar-refractivity contribution in [3.8, 4) is 11.5 Å². The predicted molar refractivity (Wildman–Crippen MR) is 119 cm³/mol. The van der Waals surface area contributed by atoms with Crippen molar-refractivity contribution in [3.63, 3.8) is 0 Å². The Bertz CT molecular complexity index is 1260. The van der Waals surface area contributed by atoms with Crippen LogP contribution in [0.15, 0.2) is 57.9 Å². The molecule has 1 amide bonds. The lowest BCUT2D eigenvalue weighted by molar-refractivity contribution is -0.122. The minimum atomic E-state index is -0.373. The fourth-order valence-corrected chi connectivity index (χ4v) is 4.76. The van der Waals surface area contributed by atoms with Crippen LogP contribution < -0.4 is 15.8 Å². The predicted octanol–water partition coefficient (Wildman–Crippen LogP) is 3.03. The summed E-state index contributed by atoms with van der Waals surface area (Å²) in [5.41, 5.74) is 1.46. The van der Waals surface area contributed by atoms with Crippen LogP contribution in [-0.2, 0) is 17.9 Å². The Balaban J connectivity index is 1.48. The van der Waals surface area contributed by atoms with Gasteiger partial charge in [0.1, 0.15) is 12.2 Å². The highest BCUT2D eigenvalue weighted by atomic mass is 32.1. The number of hydrogen-bond acceptors (Lipinski definition) is 7. The van der Waals surface area contributed by atoms with Crippen LogP contribution in [0.25, 0.3) is 21.7 Å². The van der Waals surface area contributed by atoms with Gasteiger partial charge in [-0.25, -0.2) is 9.67 Å². The van der Waals surface area contributed by atoms with Crippen molar-refractivity contribution in [2.75, 3.05) is 18.0 Å². The third-order valence-corrected chi connectivity index (χ3v) is 6.37. The van der Waals surface area contributed by atoms with E-state index in [0.29, 0.717) is 28.2 Å². The molecule has 4 heterocycles. The first kappa shape index (κ1) is 19.5. The lowest BCUT2D eigenvalue weighted by Crippen LogP contribution is -2.33. The van der Waals surface area contributed by atoms with E-state index < -0.39 is 0 Å². The Morgan fingerprint density at radius 2 is 1.94 bits per heavy atom. The zero-order valence-electron chi connectivity index (χ0n) is 16.8. The molecule has 1 saturated heterocycles. The van der Waals surface area contributed by atoms with E-state index in [1.54, 1.807) is 18.4 Å². The summed E-state index contributed by atoms with van der Waals surface area (Å²) in [6, 6.07) is 13.2. The molecule has 0 radical (unpaired) electrons. The van der Waals surface area contributed by atoms with E-state index in [2.05, 4.69) is 20.3 Å². The summed E-state index contributed by atoms with van der Waals surface area (Å²) in [6.07, 6.45) is 3.79. The number of anilines is 1. The molecule has 0 aliphatic carbocycles. The van der Waals surface area contributed by atoms with Crippen LogP contribution in [0, 0.1) is 0 Å². The Morgan fingerprint density at radius 1 is 1.13 bits per heavy atom. The number of thiazole rings is 1. The fourth-order valence-electron chi connectivity index (χ4n) is 3.66. The van der Waals surface area contributed by atoms with E-state index in [-0.39, 0.29) is 18.0 Å². The summed E-state index contributed by atoms with van der Waals surface area (Å²) in [4.78, 5) is 32.4. The second-order valence-corrected chi connectivity index (χ2v) is 8.40. The Kier molecular flexibility index (Phi) is 5.25. The van der Waals surface area contributed by atoms with E-state index in [0.717, 1.165) is 36.6 Å². The van der Waals surface area contributed by atoms with Gasteiger partial charge < -0.3 is 14.6 Å². The molecule has 0 spiro atoms. The maximum Gasteiger partial charge on any atom is 0.294 e. The largest absolute Gasteiger partial charge is 0.463 e. The molecule has 1 aliphatic rings. The molecule has 0 unspecified atom stereocenters. The van der Waals surface area contributed by atoms with Crippen LogP contribution in [0.1, 0.15) is 18.4 Å². The summed E-state index contributed by atoms with van der Waals surface area (Å²) >= 11 is 1.45. The first-order valence-corrected chi connectivity index (χ1v) is 11.0. The first-order valence-electron chi connectivity index (χ1n) is 10.2. The van der Waals surface area contributed by atoms with Crippen LogP contribution in [0.5, 0.6) is 0 Å². The number of nitrogens with one attached hydrogen (secondary N) is 1. The number of amides is 1. The Labute approximate surface area is 182 Å². The molecule has 1 aliphatic heterocycles. The summed E-state index contributed by atoms with van der Waals surface area (Å²) in [6.45, 7) is 2.06. The second kappa shape index (κ2) is 8.35. The van der Waals surface area contributed by atoms with Crippen LogP contribution in [0.2, 0.25) is 0 Å². The van der Waals surface area contributed by atoms with Gasteiger partial charge in [0.05, 0.1) is 11.0 Å². The van der Waals surface area contributed by atoms with Crippen molar-refractivity contribution >= 4 is 32.6 Å². The van der Waals surface area contributed by atoms with Crippen molar-refractivity contribution in [2.24, 2.45) is 0 Å². The number of nitrogens with zero attached hydrogens (tertiary/aromatic N) is 4. The minimum Gasteiger partial charge on any atom is -0.463 e. The third-order valence-electron chi connectivity index (χ3n) is 5.25. The van der Waals surface area contributed by atoms with Crippen LogP contribution in [0.3, 0.4) is 0 Å². The highest BCUT2D eigenvalue weighted by Crippen LogP contribution is 2.34. The van der Waals surface area contributed by atoms with Crippen LogP contribution in [-0.4, -0.2) is 33.8 Å². The lowest BCUT2D eigenvalue weighted by atomic mass is 10.2. The van der Waals surface area contributed by atoms with Gasteiger partial charge in [0, 0.05) is 19.6 Å². The van der Waals surface area contributed by atoms with Crippen molar-refractivity contribution < 1.29 is 9.21 Å². The summed E-state index contributed by atoms with van der Waals surface area (Å²) < 4.78 is 7.41. The van der Waals surface area contributed by atoms with E-state index in [1.807, 2.05) is 30.3 Å². The number of fused-ring (bicyclic) bond motifs is 1. The average molecular weight is 436 g/mol. The Morgan fingerprint density at radius 3 is 2.68 bits per heavy atom. The van der Waals surface area contributed by atoms with Gasteiger partial charge in [-0.2, -0.15) is 5.10 Å². The zero-order chi connectivity index (χ0) is 21.2. The normalized spacial score (nSPS) is 13.7. The number of furan rings is 1. The summed E-state index contributed by atoms with van der Waals surface area (Å²) in [7, 11) is 0. The molecule has 1 N–H and O–H groups in total. The molecule has 8 nitrogen and oxygen atoms in total. The van der Waals surface area contributed by atoms with Gasteiger partial charge in [0.25, 0.3) is 5.56 Å². The molecule has 1 fully saturated rings. The molecule has 5 rings (SSSR count). The number of rotatable bonds is 6. The number of aromatic nitrogens is 3. The quantitative estimate of drug-likeness (QED) is 0.500. The third kappa shape index (κ3) is 3.96. The van der Waals surface area contributed by atoms with Crippen molar-refractivity contribution in [1.82, 2.24) is 20.1 Å². The maximum atomic E-state index is 13.1. The molecule has 1 aromatic carbocycles. The molecule has 0 bridgehead atoms. The molecular formula is C22H21N5O3S. The minimum absolute atomic E-state index is 0.189. The summed E-state index contributed by atoms with van der Waals surface area (Å²) in [5.74, 6) is 0.248. The van der Waals surface area contributed by atoms with E-state index >= 15 is 0 Å². The van der Waals surface area contributed by atoms with Gasteiger partial charge in [-0.3, -0.25) is 9.59 Å². The smallest absolute Gasteiger partial charge is 0.294 e. The fraction of sp³-hybridized carbons (Fsp3) is 0.273. The van der Waals surface area contributed by atoms with Crippen molar-refractivity contribution in [1.29, 1.82) is 0 Å². The molecule has 0 saturated carbocycles. The van der Waals surface area contributed by atoms with Crippen LogP contribution in [0.4, 0.5) is 5.13 Å². The Hall–Kier alpha value is -3.46. The van der Waals surface area contributed by atoms with E-state index in [4.69, 9.17) is 4.42 Å². The standard InChI is InChI=1S/C22H21N5O3S/c28-17(23-13-15-7-2-1-3-8-15)14-27-21(29)19-20(18(25-27)16-9-6-12-30-16)31-22(24-19)26-10-4-5-11-26/h1-3,6-9,12H,4-5,10-11,13-14H2,(H,23,28). The molecule has 9 heteroatoms. The van der Waals surface area contributed by atoms with Gasteiger partial charge >= 0.3 is 0 Å². The molecular weight excluding hydrogens is 414 g/mol. The van der Waals surface area contributed by atoms with Gasteiger partial charge in [-0.15, -0.1) is 0 Å². The molecule has 3 aromatic heterocycles. The van der Waals surface area contributed by atoms with Gasteiger partial charge in [-0.1, -0.05) is 41.7 Å². The highest BCUT2D eigenvalue weighted by Gasteiger charge is 2.23.